The van der Waals surface area contributed by atoms with Crippen molar-refractivity contribution in [2.45, 2.75) is 40.2 Å². The maximum absolute atomic E-state index is 13.1. The number of piperazine rings is 1. The number of aromatic nitrogens is 2. The van der Waals surface area contributed by atoms with Gasteiger partial charge in [0.1, 0.15) is 0 Å². The fourth-order valence-electron chi connectivity index (χ4n) is 4.42. The molecule has 2 aromatic rings. The second-order valence-corrected chi connectivity index (χ2v) is 10.5. The molecule has 0 radical (unpaired) electrons. The fourth-order valence-corrected chi connectivity index (χ4v) is 5.16. The standard InChI is InChI=1S/C22H31N5O3S/c1-22(2,3)20(30)26-6-4-5-16(14-26)19(29)25-9-7-24(8-10-25)15-17-13-18(28)27-11-12-31-21(27)23-17/h11-13,16H,4-10,14-15H2,1-3H3. The first kappa shape index (κ1) is 22.0. The molecule has 2 amide bonds. The maximum Gasteiger partial charge on any atom is 0.258 e. The number of hydrogen-bond donors (Lipinski definition) is 0. The van der Waals surface area contributed by atoms with E-state index < -0.39 is 5.41 Å². The Morgan fingerprint density at radius 3 is 2.58 bits per heavy atom. The minimum atomic E-state index is -0.417. The van der Waals surface area contributed by atoms with E-state index in [1.807, 2.05) is 36.0 Å². The zero-order valence-electron chi connectivity index (χ0n) is 18.5. The number of piperidine rings is 1. The molecule has 168 valence electrons. The number of carbonyl (C=O) groups excluding carboxylic acids is 2. The normalized spacial score (nSPS) is 20.9. The second-order valence-electron chi connectivity index (χ2n) is 9.58. The van der Waals surface area contributed by atoms with E-state index >= 15 is 0 Å². The molecule has 2 aliphatic rings. The first-order valence-corrected chi connectivity index (χ1v) is 11.9. The zero-order valence-corrected chi connectivity index (χ0v) is 19.4. The smallest absolute Gasteiger partial charge is 0.258 e. The third-order valence-electron chi connectivity index (χ3n) is 6.13. The van der Waals surface area contributed by atoms with Crippen LogP contribution in [-0.2, 0) is 16.1 Å². The highest BCUT2D eigenvalue weighted by Gasteiger charge is 2.35. The Bertz CT molecular complexity index is 1020. The molecule has 0 saturated carbocycles. The van der Waals surface area contributed by atoms with Gasteiger partial charge in [-0.2, -0.15) is 0 Å². The van der Waals surface area contributed by atoms with Crippen LogP contribution in [0.3, 0.4) is 0 Å². The Hall–Kier alpha value is -2.26. The van der Waals surface area contributed by atoms with Crippen molar-refractivity contribution in [3.05, 3.63) is 33.7 Å². The van der Waals surface area contributed by atoms with Gasteiger partial charge in [0.15, 0.2) is 4.96 Å². The molecule has 4 heterocycles. The lowest BCUT2D eigenvalue weighted by molar-refractivity contribution is -0.146. The van der Waals surface area contributed by atoms with Gasteiger partial charge in [-0.05, 0) is 12.8 Å². The van der Waals surface area contributed by atoms with Crippen molar-refractivity contribution in [2.24, 2.45) is 11.3 Å². The third-order valence-corrected chi connectivity index (χ3v) is 6.88. The number of fused-ring (bicyclic) bond motifs is 1. The van der Waals surface area contributed by atoms with Crippen molar-refractivity contribution < 1.29 is 9.59 Å². The van der Waals surface area contributed by atoms with Crippen LogP contribution in [0.2, 0.25) is 0 Å². The summed E-state index contributed by atoms with van der Waals surface area (Å²) in [4.78, 5) is 49.3. The van der Waals surface area contributed by atoms with Crippen LogP contribution >= 0.6 is 11.3 Å². The monoisotopic (exact) mass is 445 g/mol. The molecule has 0 aliphatic carbocycles. The molecule has 1 unspecified atom stereocenters. The number of rotatable bonds is 3. The van der Waals surface area contributed by atoms with Crippen molar-refractivity contribution in [2.75, 3.05) is 39.3 Å². The van der Waals surface area contributed by atoms with E-state index in [-0.39, 0.29) is 23.3 Å². The summed E-state index contributed by atoms with van der Waals surface area (Å²) in [5.74, 6) is 0.193. The highest BCUT2D eigenvalue weighted by Crippen LogP contribution is 2.25. The van der Waals surface area contributed by atoms with Gasteiger partial charge in [-0.25, -0.2) is 4.98 Å². The van der Waals surface area contributed by atoms with Crippen LogP contribution < -0.4 is 5.56 Å². The molecule has 9 heteroatoms. The SMILES string of the molecule is CC(C)(C)C(=O)N1CCCC(C(=O)N2CCN(Cc3cc(=O)n4ccsc4n3)CC2)C1. The van der Waals surface area contributed by atoms with Crippen molar-refractivity contribution in [1.82, 2.24) is 24.1 Å². The summed E-state index contributed by atoms with van der Waals surface area (Å²) >= 11 is 1.45. The largest absolute Gasteiger partial charge is 0.341 e. The quantitative estimate of drug-likeness (QED) is 0.718. The average Bonchev–Trinajstić information content (AvgIpc) is 3.22. The number of carbonyl (C=O) groups is 2. The topological polar surface area (TPSA) is 78.2 Å². The van der Waals surface area contributed by atoms with Gasteiger partial charge < -0.3 is 9.80 Å². The van der Waals surface area contributed by atoms with E-state index in [4.69, 9.17) is 0 Å². The summed E-state index contributed by atoms with van der Waals surface area (Å²) in [5, 5.41) is 1.86. The predicted molar refractivity (Wildman–Crippen MR) is 120 cm³/mol. The lowest BCUT2D eigenvalue weighted by atomic mass is 9.90. The van der Waals surface area contributed by atoms with Gasteiger partial charge in [0.2, 0.25) is 11.8 Å². The summed E-state index contributed by atoms with van der Waals surface area (Å²) in [6.45, 7) is 10.5. The molecule has 4 rings (SSSR count). The van der Waals surface area contributed by atoms with E-state index in [0.29, 0.717) is 31.1 Å². The Morgan fingerprint density at radius 2 is 1.87 bits per heavy atom. The minimum Gasteiger partial charge on any atom is -0.341 e. The fraction of sp³-hybridized carbons (Fsp3) is 0.636. The molecule has 31 heavy (non-hydrogen) atoms. The van der Waals surface area contributed by atoms with Crippen LogP contribution in [0.15, 0.2) is 22.4 Å². The maximum atomic E-state index is 13.1. The molecular weight excluding hydrogens is 414 g/mol. The number of nitrogens with zero attached hydrogens (tertiary/aromatic N) is 5. The van der Waals surface area contributed by atoms with Crippen molar-refractivity contribution in [1.29, 1.82) is 0 Å². The van der Waals surface area contributed by atoms with Gasteiger partial charge in [-0.3, -0.25) is 23.7 Å². The van der Waals surface area contributed by atoms with Gasteiger partial charge in [0, 0.05) is 68.9 Å². The molecule has 1 atom stereocenters. The van der Waals surface area contributed by atoms with Crippen LogP contribution in [0, 0.1) is 11.3 Å². The minimum absolute atomic E-state index is 0.0540. The summed E-state index contributed by atoms with van der Waals surface area (Å²) in [7, 11) is 0. The predicted octanol–water partition coefficient (Wildman–Crippen LogP) is 1.68. The van der Waals surface area contributed by atoms with Gasteiger partial charge in [-0.15, -0.1) is 11.3 Å². The van der Waals surface area contributed by atoms with E-state index in [1.165, 1.54) is 11.3 Å². The first-order chi connectivity index (χ1) is 14.7. The lowest BCUT2D eigenvalue weighted by Crippen LogP contribution is -2.53. The Balaban J connectivity index is 1.32. The van der Waals surface area contributed by atoms with Gasteiger partial charge in [0.25, 0.3) is 5.56 Å². The van der Waals surface area contributed by atoms with E-state index in [1.54, 1.807) is 16.7 Å². The van der Waals surface area contributed by atoms with Gasteiger partial charge in [0.05, 0.1) is 11.6 Å². The summed E-state index contributed by atoms with van der Waals surface area (Å²) in [5.41, 5.74) is 0.302. The summed E-state index contributed by atoms with van der Waals surface area (Å²) in [6.07, 6.45) is 3.47. The Morgan fingerprint density at radius 1 is 1.13 bits per heavy atom. The van der Waals surface area contributed by atoms with Gasteiger partial charge in [-0.1, -0.05) is 20.8 Å². The number of likely N-dealkylation sites (tertiary alicyclic amines) is 1. The molecular formula is C22H31N5O3S. The number of hydrogen-bond acceptors (Lipinski definition) is 6. The van der Waals surface area contributed by atoms with E-state index in [2.05, 4.69) is 9.88 Å². The molecule has 0 bridgehead atoms. The van der Waals surface area contributed by atoms with Crippen molar-refractivity contribution in [3.63, 3.8) is 0 Å². The highest BCUT2D eigenvalue weighted by molar-refractivity contribution is 7.15. The number of amides is 2. The van der Waals surface area contributed by atoms with Crippen molar-refractivity contribution >= 4 is 28.1 Å². The molecule has 2 saturated heterocycles. The second kappa shape index (κ2) is 8.70. The lowest BCUT2D eigenvalue weighted by Gasteiger charge is -2.40. The van der Waals surface area contributed by atoms with Crippen LogP contribution in [-0.4, -0.2) is 75.2 Å². The van der Waals surface area contributed by atoms with Gasteiger partial charge >= 0.3 is 0 Å². The molecule has 2 aromatic heterocycles. The van der Waals surface area contributed by atoms with Crippen LogP contribution in [0.4, 0.5) is 0 Å². The molecule has 0 aromatic carbocycles. The third kappa shape index (κ3) is 4.82. The van der Waals surface area contributed by atoms with Crippen LogP contribution in [0.5, 0.6) is 0 Å². The van der Waals surface area contributed by atoms with E-state index in [9.17, 15) is 14.4 Å². The van der Waals surface area contributed by atoms with Crippen molar-refractivity contribution in [3.8, 4) is 0 Å². The Kier molecular flexibility index (Phi) is 6.16. The summed E-state index contributed by atoms with van der Waals surface area (Å²) < 4.78 is 1.56. The number of thiazole rings is 1. The molecule has 0 spiro atoms. The first-order valence-electron chi connectivity index (χ1n) is 11.0. The molecule has 8 nitrogen and oxygen atoms in total. The zero-order chi connectivity index (χ0) is 22.2. The van der Waals surface area contributed by atoms with Crippen LogP contribution in [0.1, 0.15) is 39.3 Å². The van der Waals surface area contributed by atoms with Crippen LogP contribution in [0.25, 0.3) is 4.96 Å². The van der Waals surface area contributed by atoms with E-state index in [0.717, 1.165) is 38.2 Å². The highest BCUT2D eigenvalue weighted by atomic mass is 32.1. The Labute approximate surface area is 186 Å². The molecule has 0 N–H and O–H groups in total. The molecule has 2 aliphatic heterocycles. The summed E-state index contributed by atoms with van der Waals surface area (Å²) in [6, 6.07) is 1.60. The molecule has 2 fully saturated rings. The average molecular weight is 446 g/mol.